The molecule has 1 atom stereocenters. The third-order valence-corrected chi connectivity index (χ3v) is 6.11. The highest BCUT2D eigenvalue weighted by atomic mass is 32.2. The van der Waals surface area contributed by atoms with Crippen LogP contribution in [0, 0.1) is 0 Å². The Kier molecular flexibility index (Phi) is 5.50. The number of aliphatic hydroxyl groups excluding tert-OH is 1. The van der Waals surface area contributed by atoms with Crippen LogP contribution in [0.1, 0.15) is 27.6 Å². The molecule has 2 N–H and O–H groups in total. The number of hydrogen-bond acceptors (Lipinski definition) is 6. The first kappa shape index (κ1) is 19.3. The second kappa shape index (κ2) is 7.67. The molecule has 0 amide bonds. The van der Waals surface area contributed by atoms with Gasteiger partial charge in [-0.05, 0) is 47.9 Å². The Hall–Kier alpha value is -2.42. The number of benzene rings is 2. The third-order valence-electron chi connectivity index (χ3n) is 4.67. The van der Waals surface area contributed by atoms with Crippen molar-refractivity contribution in [2.75, 3.05) is 32.1 Å². The minimum atomic E-state index is -3.80. The molecule has 0 aromatic heterocycles. The summed E-state index contributed by atoms with van der Waals surface area (Å²) in [6.45, 7) is 0.790. The van der Waals surface area contributed by atoms with Crippen LogP contribution >= 0.6 is 0 Å². The lowest BCUT2D eigenvalue weighted by Crippen LogP contribution is -2.28. The van der Waals surface area contributed by atoms with Crippen molar-refractivity contribution >= 4 is 21.7 Å². The summed E-state index contributed by atoms with van der Waals surface area (Å²) in [6.07, 6.45) is -0.0460. The Morgan fingerprint density at radius 1 is 1.26 bits per heavy atom. The van der Waals surface area contributed by atoms with Crippen LogP contribution in [0.25, 0.3) is 0 Å². The lowest BCUT2D eigenvalue weighted by atomic mass is 10.0. The molecular weight excluding hydrogens is 368 g/mol. The van der Waals surface area contributed by atoms with Crippen molar-refractivity contribution in [1.82, 2.24) is 4.72 Å². The first-order valence-corrected chi connectivity index (χ1v) is 10.00. The van der Waals surface area contributed by atoms with Gasteiger partial charge in [0.05, 0.1) is 23.7 Å². The molecule has 0 radical (unpaired) electrons. The number of fused-ring (bicyclic) bond motifs is 1. The monoisotopic (exact) mass is 390 g/mol. The molecule has 0 spiro atoms. The molecule has 2 aromatic rings. The van der Waals surface area contributed by atoms with Gasteiger partial charge in [0.15, 0.2) is 0 Å². The molecule has 0 aliphatic carbocycles. The summed E-state index contributed by atoms with van der Waals surface area (Å²) in [4.78, 5) is 13.6. The average molecular weight is 390 g/mol. The van der Waals surface area contributed by atoms with E-state index in [0.29, 0.717) is 5.56 Å². The smallest absolute Gasteiger partial charge is 0.337 e. The van der Waals surface area contributed by atoms with E-state index in [1.807, 2.05) is 25.2 Å². The highest BCUT2D eigenvalue weighted by Crippen LogP contribution is 2.29. The largest absolute Gasteiger partial charge is 0.465 e. The van der Waals surface area contributed by atoms with Crippen LogP contribution < -0.4 is 9.62 Å². The number of esters is 1. The van der Waals surface area contributed by atoms with E-state index in [2.05, 4.69) is 14.4 Å². The van der Waals surface area contributed by atoms with Crippen molar-refractivity contribution in [1.29, 1.82) is 0 Å². The molecule has 7 nitrogen and oxygen atoms in total. The zero-order valence-corrected chi connectivity index (χ0v) is 16.0. The number of rotatable bonds is 6. The minimum Gasteiger partial charge on any atom is -0.465 e. The van der Waals surface area contributed by atoms with E-state index >= 15 is 0 Å². The number of nitrogens with one attached hydrogen (secondary N) is 1. The molecule has 1 aliphatic rings. The van der Waals surface area contributed by atoms with Gasteiger partial charge in [-0.2, -0.15) is 0 Å². The van der Waals surface area contributed by atoms with E-state index in [0.717, 1.165) is 24.2 Å². The topological polar surface area (TPSA) is 95.9 Å². The van der Waals surface area contributed by atoms with Crippen molar-refractivity contribution in [3.8, 4) is 0 Å². The van der Waals surface area contributed by atoms with Gasteiger partial charge in [-0.3, -0.25) is 0 Å². The van der Waals surface area contributed by atoms with Crippen molar-refractivity contribution in [3.63, 3.8) is 0 Å². The molecule has 1 unspecified atom stereocenters. The molecular formula is C19H22N2O5S. The fourth-order valence-corrected chi connectivity index (χ4v) is 4.11. The summed E-state index contributed by atoms with van der Waals surface area (Å²) in [5.41, 5.74) is 3.22. The highest BCUT2D eigenvalue weighted by molar-refractivity contribution is 7.89. The van der Waals surface area contributed by atoms with Crippen LogP contribution in [-0.4, -0.2) is 46.7 Å². The van der Waals surface area contributed by atoms with Gasteiger partial charge >= 0.3 is 5.97 Å². The number of anilines is 1. The van der Waals surface area contributed by atoms with Crippen LogP contribution in [0.5, 0.6) is 0 Å². The van der Waals surface area contributed by atoms with E-state index in [4.69, 9.17) is 0 Å². The van der Waals surface area contributed by atoms with Gasteiger partial charge in [0.25, 0.3) is 0 Å². The van der Waals surface area contributed by atoms with E-state index in [9.17, 15) is 18.3 Å². The van der Waals surface area contributed by atoms with Crippen LogP contribution in [0.4, 0.5) is 5.69 Å². The lowest BCUT2D eigenvalue weighted by molar-refractivity contribution is 0.0600. The van der Waals surface area contributed by atoms with Gasteiger partial charge in [0, 0.05) is 25.8 Å². The maximum absolute atomic E-state index is 12.4. The van der Waals surface area contributed by atoms with Crippen LogP contribution in [0.2, 0.25) is 0 Å². The van der Waals surface area contributed by atoms with E-state index in [1.165, 1.54) is 31.4 Å². The summed E-state index contributed by atoms with van der Waals surface area (Å²) >= 11 is 0. The lowest BCUT2D eigenvalue weighted by Gasteiger charge is -2.16. The number of sulfonamides is 1. The molecule has 0 bridgehead atoms. The predicted molar refractivity (Wildman–Crippen MR) is 101 cm³/mol. The first-order valence-electron chi connectivity index (χ1n) is 8.52. The number of nitrogens with zero attached hydrogens (tertiary/aromatic N) is 1. The van der Waals surface area contributed by atoms with Crippen LogP contribution in [0.15, 0.2) is 47.4 Å². The number of carbonyl (C=O) groups excluding carboxylic acids is 1. The van der Waals surface area contributed by atoms with Gasteiger partial charge in [-0.1, -0.05) is 12.1 Å². The highest BCUT2D eigenvalue weighted by Gasteiger charge is 2.20. The predicted octanol–water partition coefficient (Wildman–Crippen LogP) is 1.48. The zero-order chi connectivity index (χ0) is 19.6. The number of methoxy groups -OCH3 is 1. The summed E-state index contributed by atoms with van der Waals surface area (Å²) in [7, 11) is -0.531. The Morgan fingerprint density at radius 2 is 1.96 bits per heavy atom. The quantitative estimate of drug-likeness (QED) is 0.726. The number of aliphatic hydroxyl groups is 1. The van der Waals surface area contributed by atoms with Gasteiger partial charge in [0.2, 0.25) is 10.0 Å². The van der Waals surface area contributed by atoms with Crippen molar-refractivity contribution in [2.45, 2.75) is 17.4 Å². The first-order chi connectivity index (χ1) is 12.8. The SMILES string of the molecule is COC(=O)c1ccc(S(=O)(=O)NCC(O)c2ccc3c(c2)CCN3C)cc1. The Morgan fingerprint density at radius 3 is 2.63 bits per heavy atom. The molecule has 0 saturated carbocycles. The molecule has 1 heterocycles. The second-order valence-corrected chi connectivity index (χ2v) is 8.21. The van der Waals surface area contributed by atoms with Crippen LogP contribution in [0.3, 0.4) is 0 Å². The number of hydrogen-bond donors (Lipinski definition) is 2. The van der Waals surface area contributed by atoms with E-state index in [1.54, 1.807) is 0 Å². The molecule has 8 heteroatoms. The van der Waals surface area contributed by atoms with E-state index in [-0.39, 0.29) is 17.0 Å². The molecule has 1 aliphatic heterocycles. The zero-order valence-electron chi connectivity index (χ0n) is 15.2. The number of likely N-dealkylation sites (N-methyl/N-ethyl adjacent to an activating group) is 1. The average Bonchev–Trinajstić information content (AvgIpc) is 3.06. The summed E-state index contributed by atoms with van der Waals surface area (Å²) < 4.78 is 31.8. The summed E-state index contributed by atoms with van der Waals surface area (Å²) in [5, 5.41) is 10.4. The van der Waals surface area contributed by atoms with Gasteiger partial charge < -0.3 is 14.7 Å². The van der Waals surface area contributed by atoms with Crippen molar-refractivity contribution < 1.29 is 23.1 Å². The summed E-state index contributed by atoms with van der Waals surface area (Å²) in [6, 6.07) is 11.1. The molecule has 3 rings (SSSR count). The fraction of sp³-hybridized carbons (Fsp3) is 0.316. The Labute approximate surface area is 158 Å². The van der Waals surface area contributed by atoms with Gasteiger partial charge in [-0.25, -0.2) is 17.9 Å². The minimum absolute atomic E-state index is 0.0120. The van der Waals surface area contributed by atoms with Crippen molar-refractivity contribution in [3.05, 3.63) is 59.2 Å². The maximum Gasteiger partial charge on any atom is 0.337 e. The third kappa shape index (κ3) is 4.13. The standard InChI is InChI=1S/C19H22N2O5S/c1-21-10-9-14-11-15(5-8-17(14)21)18(22)12-20-27(24,25)16-6-3-13(4-7-16)19(23)26-2/h3-8,11,18,20,22H,9-10,12H2,1-2H3. The molecule has 0 fully saturated rings. The number of ether oxygens (including phenoxy) is 1. The second-order valence-electron chi connectivity index (χ2n) is 6.44. The Balaban J connectivity index is 1.67. The number of carbonyl (C=O) groups is 1. The molecule has 27 heavy (non-hydrogen) atoms. The normalized spacial score (nSPS) is 14.7. The molecule has 0 saturated heterocycles. The van der Waals surface area contributed by atoms with E-state index < -0.39 is 22.1 Å². The summed E-state index contributed by atoms with van der Waals surface area (Å²) in [5.74, 6) is -0.537. The maximum atomic E-state index is 12.4. The van der Waals surface area contributed by atoms with Crippen molar-refractivity contribution in [2.24, 2.45) is 0 Å². The van der Waals surface area contributed by atoms with Gasteiger partial charge in [-0.15, -0.1) is 0 Å². The van der Waals surface area contributed by atoms with Gasteiger partial charge in [0.1, 0.15) is 0 Å². The molecule has 2 aromatic carbocycles. The Bertz CT molecular complexity index is 941. The fourth-order valence-electron chi connectivity index (χ4n) is 3.07. The molecule has 144 valence electrons. The van der Waals surface area contributed by atoms with Crippen LogP contribution in [-0.2, 0) is 21.2 Å².